The quantitative estimate of drug-likeness (QED) is 0.575. The van der Waals surface area contributed by atoms with Gasteiger partial charge in [-0.15, -0.1) is 12.4 Å². The van der Waals surface area contributed by atoms with Crippen molar-refractivity contribution < 1.29 is 9.84 Å². The number of benzene rings is 2. The molecule has 160 valence electrons. The van der Waals surface area contributed by atoms with Crippen LogP contribution in [0.2, 0.25) is 0 Å². The van der Waals surface area contributed by atoms with Crippen LogP contribution in [0.4, 0.5) is 0 Å². The third-order valence-electron chi connectivity index (χ3n) is 6.12. The summed E-state index contributed by atoms with van der Waals surface area (Å²) in [5, 5.41) is 14.9. The average molecular weight is 418 g/mol. The number of aromatic hydroxyl groups is 1. The summed E-state index contributed by atoms with van der Waals surface area (Å²) in [6.07, 6.45) is 6.32. The zero-order chi connectivity index (χ0) is 20.4. The van der Waals surface area contributed by atoms with E-state index in [9.17, 15) is 5.11 Å². The van der Waals surface area contributed by atoms with Gasteiger partial charge in [-0.05, 0) is 54.5 Å². The van der Waals surface area contributed by atoms with Gasteiger partial charge in [0.15, 0.2) is 0 Å². The Hall–Kier alpha value is -1.71. The number of halogens is 1. The molecule has 1 saturated carbocycles. The smallest absolute Gasteiger partial charge is 0.127 e. The first kappa shape index (κ1) is 23.6. The molecule has 0 atom stereocenters. The third-order valence-corrected chi connectivity index (χ3v) is 6.12. The molecule has 0 aliphatic heterocycles. The van der Waals surface area contributed by atoms with Gasteiger partial charge in [-0.2, -0.15) is 0 Å². The molecule has 3 rings (SSSR count). The lowest BCUT2D eigenvalue weighted by molar-refractivity contribution is 0.251. The summed E-state index contributed by atoms with van der Waals surface area (Å²) >= 11 is 0. The molecule has 3 nitrogen and oxygen atoms in total. The van der Waals surface area contributed by atoms with Crippen molar-refractivity contribution in [3.8, 4) is 22.6 Å². The maximum atomic E-state index is 11.1. The monoisotopic (exact) mass is 417 g/mol. The van der Waals surface area contributed by atoms with Crippen LogP contribution in [0.1, 0.15) is 70.9 Å². The molecule has 0 spiro atoms. The van der Waals surface area contributed by atoms with Gasteiger partial charge < -0.3 is 15.2 Å². The van der Waals surface area contributed by atoms with E-state index in [1.54, 1.807) is 7.11 Å². The van der Waals surface area contributed by atoms with E-state index in [1.807, 2.05) is 24.3 Å². The van der Waals surface area contributed by atoms with Crippen LogP contribution in [-0.4, -0.2) is 17.8 Å². The number of hydrogen-bond acceptors (Lipinski definition) is 3. The normalized spacial score (nSPS) is 16.2. The van der Waals surface area contributed by atoms with Gasteiger partial charge >= 0.3 is 0 Å². The fraction of sp³-hybridized carbons (Fsp3) is 0.520. The van der Waals surface area contributed by atoms with Gasteiger partial charge in [0, 0.05) is 23.2 Å². The van der Waals surface area contributed by atoms with Crippen LogP contribution in [0.25, 0.3) is 11.1 Å². The molecule has 29 heavy (non-hydrogen) atoms. The molecule has 1 aliphatic rings. The zero-order valence-electron chi connectivity index (χ0n) is 18.5. The zero-order valence-corrected chi connectivity index (χ0v) is 19.3. The van der Waals surface area contributed by atoms with Crippen molar-refractivity contribution >= 4 is 12.4 Å². The Bertz CT molecular complexity index is 803. The van der Waals surface area contributed by atoms with Crippen LogP contribution >= 0.6 is 12.4 Å². The Morgan fingerprint density at radius 1 is 1.03 bits per heavy atom. The van der Waals surface area contributed by atoms with Crippen LogP contribution in [0.3, 0.4) is 0 Å². The first-order chi connectivity index (χ1) is 13.2. The molecular weight excluding hydrogens is 382 g/mol. The number of phenols is 1. The van der Waals surface area contributed by atoms with Gasteiger partial charge in [0.05, 0.1) is 7.11 Å². The molecule has 0 saturated heterocycles. The number of phenolic OH excluding ortho intramolecular Hbond substituents is 1. The van der Waals surface area contributed by atoms with E-state index in [0.29, 0.717) is 12.3 Å². The summed E-state index contributed by atoms with van der Waals surface area (Å²) in [6.45, 7) is 9.67. The second kappa shape index (κ2) is 9.40. The SMILES string of the molecule is COc1ccc(-c2cc(C(C)(C)C)cc(CNC3(C)CCCCC3)c2O)cc1.Cl. The maximum Gasteiger partial charge on any atom is 0.127 e. The van der Waals surface area contributed by atoms with Crippen molar-refractivity contribution in [2.24, 2.45) is 0 Å². The lowest BCUT2D eigenvalue weighted by atomic mass is 9.82. The van der Waals surface area contributed by atoms with Gasteiger partial charge in [0.1, 0.15) is 11.5 Å². The van der Waals surface area contributed by atoms with E-state index in [4.69, 9.17) is 4.74 Å². The minimum atomic E-state index is 0. The Kier molecular flexibility index (Phi) is 7.64. The van der Waals surface area contributed by atoms with Crippen molar-refractivity contribution in [3.63, 3.8) is 0 Å². The van der Waals surface area contributed by atoms with Gasteiger partial charge in [-0.1, -0.05) is 58.2 Å². The van der Waals surface area contributed by atoms with Crippen LogP contribution in [0, 0.1) is 0 Å². The second-order valence-electron chi connectivity index (χ2n) is 9.48. The van der Waals surface area contributed by atoms with E-state index in [2.05, 4.69) is 45.1 Å². The standard InChI is InChI=1S/C25H35NO2.ClH/c1-24(2,3)20-15-19(17-26-25(4)13-7-6-8-14-25)23(27)22(16-20)18-9-11-21(28-5)12-10-18;/h9-12,15-16,26-27H,6-8,13-14,17H2,1-5H3;1H. The first-order valence-corrected chi connectivity index (χ1v) is 10.5. The molecule has 0 heterocycles. The molecule has 0 radical (unpaired) electrons. The lowest BCUT2D eigenvalue weighted by Gasteiger charge is -2.35. The third kappa shape index (κ3) is 5.67. The summed E-state index contributed by atoms with van der Waals surface area (Å²) in [5.74, 6) is 1.20. The summed E-state index contributed by atoms with van der Waals surface area (Å²) < 4.78 is 5.28. The van der Waals surface area contributed by atoms with Crippen LogP contribution in [0.5, 0.6) is 11.5 Å². The molecule has 0 amide bonds. The van der Waals surface area contributed by atoms with Gasteiger partial charge in [0.2, 0.25) is 0 Å². The number of ether oxygens (including phenoxy) is 1. The predicted octanol–water partition coefficient (Wildman–Crippen LogP) is 6.60. The van der Waals surface area contributed by atoms with E-state index in [0.717, 1.165) is 22.4 Å². The number of rotatable bonds is 5. The molecule has 0 bridgehead atoms. The van der Waals surface area contributed by atoms with Crippen LogP contribution in [0.15, 0.2) is 36.4 Å². The molecule has 0 aromatic heterocycles. The highest BCUT2D eigenvalue weighted by molar-refractivity contribution is 5.85. The number of hydrogen-bond donors (Lipinski definition) is 2. The molecule has 4 heteroatoms. The summed E-state index contributed by atoms with van der Waals surface area (Å²) in [6, 6.07) is 12.2. The summed E-state index contributed by atoms with van der Waals surface area (Å²) in [7, 11) is 1.67. The molecule has 1 fully saturated rings. The van der Waals surface area contributed by atoms with Gasteiger partial charge in [0.25, 0.3) is 0 Å². The average Bonchev–Trinajstić information content (AvgIpc) is 2.67. The van der Waals surface area contributed by atoms with Crippen molar-refractivity contribution in [2.75, 3.05) is 7.11 Å². The first-order valence-electron chi connectivity index (χ1n) is 10.5. The van der Waals surface area contributed by atoms with Crippen LogP contribution in [-0.2, 0) is 12.0 Å². The largest absolute Gasteiger partial charge is 0.507 e. The predicted molar refractivity (Wildman–Crippen MR) is 124 cm³/mol. The molecule has 2 aromatic carbocycles. The van der Waals surface area contributed by atoms with Crippen molar-refractivity contribution in [1.29, 1.82) is 0 Å². The molecule has 1 aliphatic carbocycles. The Balaban J connectivity index is 0.00000300. The Labute approximate surface area is 182 Å². The highest BCUT2D eigenvalue weighted by Gasteiger charge is 2.27. The second-order valence-corrected chi connectivity index (χ2v) is 9.48. The Morgan fingerprint density at radius 3 is 2.21 bits per heavy atom. The van der Waals surface area contributed by atoms with E-state index in [1.165, 1.54) is 37.7 Å². The number of nitrogens with one attached hydrogen (secondary N) is 1. The molecule has 2 aromatic rings. The van der Waals surface area contributed by atoms with E-state index >= 15 is 0 Å². The van der Waals surface area contributed by atoms with Gasteiger partial charge in [-0.25, -0.2) is 0 Å². The van der Waals surface area contributed by atoms with Crippen molar-refractivity contribution in [2.45, 2.75) is 77.3 Å². The fourth-order valence-corrected chi connectivity index (χ4v) is 4.07. The molecule has 2 N–H and O–H groups in total. The molecule has 0 unspecified atom stereocenters. The summed E-state index contributed by atoms with van der Waals surface area (Å²) in [4.78, 5) is 0. The Morgan fingerprint density at radius 2 is 1.66 bits per heavy atom. The fourth-order valence-electron chi connectivity index (χ4n) is 4.07. The highest BCUT2D eigenvalue weighted by atomic mass is 35.5. The maximum absolute atomic E-state index is 11.1. The number of methoxy groups -OCH3 is 1. The minimum absolute atomic E-state index is 0. The van der Waals surface area contributed by atoms with E-state index in [-0.39, 0.29) is 23.4 Å². The van der Waals surface area contributed by atoms with Gasteiger partial charge in [-0.3, -0.25) is 0 Å². The lowest BCUT2D eigenvalue weighted by Crippen LogP contribution is -2.43. The molecular formula is C25H36ClNO2. The highest BCUT2D eigenvalue weighted by Crippen LogP contribution is 2.38. The topological polar surface area (TPSA) is 41.5 Å². The minimum Gasteiger partial charge on any atom is -0.507 e. The summed E-state index contributed by atoms with van der Waals surface area (Å²) in [5.41, 5.74) is 4.29. The van der Waals surface area contributed by atoms with E-state index < -0.39 is 0 Å². The van der Waals surface area contributed by atoms with Crippen molar-refractivity contribution in [1.82, 2.24) is 5.32 Å². The van der Waals surface area contributed by atoms with Crippen molar-refractivity contribution in [3.05, 3.63) is 47.5 Å². The van der Waals surface area contributed by atoms with Crippen LogP contribution < -0.4 is 10.1 Å².